The molecular weight excluding hydrogens is 348 g/mol. The molecule has 0 aromatic heterocycles. The molecule has 26 heavy (non-hydrogen) atoms. The summed E-state index contributed by atoms with van der Waals surface area (Å²) in [7, 11) is -3.60. The molecule has 0 bridgehead atoms. The number of sulfonamides is 1. The van der Waals surface area contributed by atoms with Gasteiger partial charge in [0.1, 0.15) is 0 Å². The van der Waals surface area contributed by atoms with Crippen LogP contribution in [0.4, 0.5) is 5.69 Å². The van der Waals surface area contributed by atoms with Crippen molar-refractivity contribution in [3.63, 3.8) is 0 Å². The summed E-state index contributed by atoms with van der Waals surface area (Å²) in [5, 5.41) is 0. The van der Waals surface area contributed by atoms with E-state index in [1.165, 1.54) is 16.4 Å². The van der Waals surface area contributed by atoms with Crippen LogP contribution >= 0.6 is 0 Å². The van der Waals surface area contributed by atoms with E-state index in [1.54, 1.807) is 30.9 Å². The quantitative estimate of drug-likeness (QED) is 0.743. The van der Waals surface area contributed by atoms with Gasteiger partial charge in [0, 0.05) is 30.9 Å². The highest BCUT2D eigenvalue weighted by atomic mass is 32.2. The van der Waals surface area contributed by atoms with Crippen LogP contribution in [0.1, 0.15) is 36.7 Å². The molecule has 0 unspecified atom stereocenters. The number of carbonyl (C=O) groups excluding carboxylic acids is 1. The Morgan fingerprint density at radius 3 is 2.15 bits per heavy atom. The molecule has 0 N–H and O–H groups in total. The number of hydrogen-bond donors (Lipinski definition) is 0. The molecule has 0 atom stereocenters. The number of rotatable bonds is 7. The smallest absolute Gasteiger partial charge is 0.258 e. The monoisotopic (exact) mass is 374 g/mol. The lowest BCUT2D eigenvalue weighted by atomic mass is 10.1. The van der Waals surface area contributed by atoms with Gasteiger partial charge in [-0.1, -0.05) is 32.0 Å². The number of nitrogens with zero attached hydrogens (tertiary/aromatic N) is 2. The van der Waals surface area contributed by atoms with Crippen LogP contribution in [0, 0.1) is 6.92 Å². The molecule has 2 aromatic rings. The zero-order chi connectivity index (χ0) is 19.3. The number of carbonyl (C=O) groups is 1. The van der Waals surface area contributed by atoms with E-state index in [0.717, 1.165) is 11.3 Å². The molecule has 0 fully saturated rings. The Morgan fingerprint density at radius 2 is 1.58 bits per heavy atom. The zero-order valence-electron chi connectivity index (χ0n) is 15.8. The maximum Gasteiger partial charge on any atom is 0.258 e. The SMILES string of the molecule is CCN(C(=O)c1cccc(S(=O)(=O)N(CC)CC)c1)c1cccc(C)c1. The fourth-order valence-corrected chi connectivity index (χ4v) is 4.40. The van der Waals surface area contributed by atoms with Crippen molar-refractivity contribution >= 4 is 21.6 Å². The van der Waals surface area contributed by atoms with Crippen LogP contribution in [0.25, 0.3) is 0 Å². The Hall–Kier alpha value is -2.18. The van der Waals surface area contributed by atoms with E-state index in [2.05, 4.69) is 0 Å². The van der Waals surface area contributed by atoms with Crippen LogP contribution in [-0.4, -0.2) is 38.3 Å². The van der Waals surface area contributed by atoms with Crippen LogP contribution in [0.5, 0.6) is 0 Å². The van der Waals surface area contributed by atoms with Gasteiger partial charge in [0.15, 0.2) is 0 Å². The van der Waals surface area contributed by atoms with E-state index in [-0.39, 0.29) is 10.8 Å². The van der Waals surface area contributed by atoms with Crippen LogP contribution in [0.15, 0.2) is 53.4 Å². The van der Waals surface area contributed by atoms with Crippen molar-refractivity contribution in [1.82, 2.24) is 4.31 Å². The van der Waals surface area contributed by atoms with Gasteiger partial charge in [-0.2, -0.15) is 4.31 Å². The van der Waals surface area contributed by atoms with Crippen LogP contribution in [0.3, 0.4) is 0 Å². The highest BCUT2D eigenvalue weighted by molar-refractivity contribution is 7.89. The van der Waals surface area contributed by atoms with Crippen molar-refractivity contribution in [3.05, 3.63) is 59.7 Å². The van der Waals surface area contributed by atoms with E-state index >= 15 is 0 Å². The Kier molecular flexibility index (Phi) is 6.56. The second-order valence-corrected chi connectivity index (χ2v) is 7.94. The first-order valence-corrected chi connectivity index (χ1v) is 10.3. The maximum absolute atomic E-state index is 13.0. The van der Waals surface area contributed by atoms with Gasteiger partial charge in [-0.15, -0.1) is 0 Å². The molecule has 0 saturated heterocycles. The van der Waals surface area contributed by atoms with Crippen molar-refractivity contribution < 1.29 is 13.2 Å². The minimum absolute atomic E-state index is 0.146. The molecule has 1 amide bonds. The number of anilines is 1. The number of amides is 1. The lowest BCUT2D eigenvalue weighted by Gasteiger charge is -2.22. The molecule has 140 valence electrons. The van der Waals surface area contributed by atoms with Gasteiger partial charge in [-0.05, 0) is 49.7 Å². The summed E-state index contributed by atoms with van der Waals surface area (Å²) in [6.07, 6.45) is 0. The molecule has 0 spiro atoms. The molecule has 5 nitrogen and oxygen atoms in total. The van der Waals surface area contributed by atoms with Crippen LogP contribution in [-0.2, 0) is 10.0 Å². The Bertz CT molecular complexity index is 874. The lowest BCUT2D eigenvalue weighted by Crippen LogP contribution is -2.32. The second-order valence-electron chi connectivity index (χ2n) is 6.01. The van der Waals surface area contributed by atoms with Gasteiger partial charge in [-0.3, -0.25) is 4.79 Å². The van der Waals surface area contributed by atoms with Gasteiger partial charge < -0.3 is 4.90 Å². The minimum Gasteiger partial charge on any atom is -0.309 e. The van der Waals surface area contributed by atoms with Crippen LogP contribution in [0.2, 0.25) is 0 Å². The van der Waals surface area contributed by atoms with Gasteiger partial charge in [0.05, 0.1) is 4.90 Å². The number of hydrogen-bond acceptors (Lipinski definition) is 3. The van der Waals surface area contributed by atoms with Gasteiger partial charge >= 0.3 is 0 Å². The third-order valence-electron chi connectivity index (χ3n) is 4.30. The first-order chi connectivity index (χ1) is 12.3. The topological polar surface area (TPSA) is 57.7 Å². The predicted molar refractivity (Wildman–Crippen MR) is 105 cm³/mol. The molecule has 2 rings (SSSR count). The van der Waals surface area contributed by atoms with Gasteiger partial charge in [0.25, 0.3) is 5.91 Å². The lowest BCUT2D eigenvalue weighted by molar-refractivity contribution is 0.0988. The number of aryl methyl sites for hydroxylation is 1. The summed E-state index contributed by atoms with van der Waals surface area (Å²) in [6.45, 7) is 8.74. The van der Waals surface area contributed by atoms with E-state index in [4.69, 9.17) is 0 Å². The maximum atomic E-state index is 13.0. The summed E-state index contributed by atoms with van der Waals surface area (Å²) >= 11 is 0. The van der Waals surface area contributed by atoms with Gasteiger partial charge in [-0.25, -0.2) is 8.42 Å². The van der Waals surface area contributed by atoms with Crippen molar-refractivity contribution in [2.75, 3.05) is 24.5 Å². The normalized spacial score (nSPS) is 11.6. The predicted octanol–water partition coefficient (Wildman–Crippen LogP) is 3.69. The molecule has 0 aliphatic carbocycles. The number of benzene rings is 2. The fourth-order valence-electron chi connectivity index (χ4n) is 2.90. The first-order valence-electron chi connectivity index (χ1n) is 8.83. The average Bonchev–Trinajstić information content (AvgIpc) is 2.63. The van der Waals surface area contributed by atoms with Crippen molar-refractivity contribution in [2.45, 2.75) is 32.6 Å². The van der Waals surface area contributed by atoms with Crippen molar-refractivity contribution in [3.8, 4) is 0 Å². The molecule has 0 saturated carbocycles. The molecule has 0 radical (unpaired) electrons. The average molecular weight is 375 g/mol. The Balaban J connectivity index is 2.41. The largest absolute Gasteiger partial charge is 0.309 e. The molecule has 2 aromatic carbocycles. The highest BCUT2D eigenvalue weighted by Gasteiger charge is 2.24. The summed E-state index contributed by atoms with van der Waals surface area (Å²) in [5.41, 5.74) is 2.22. The van der Waals surface area contributed by atoms with Crippen molar-refractivity contribution in [1.29, 1.82) is 0 Å². The molecule has 0 heterocycles. The third-order valence-corrected chi connectivity index (χ3v) is 6.34. The van der Waals surface area contributed by atoms with Crippen LogP contribution < -0.4 is 4.90 Å². The first kappa shape index (κ1) is 20.1. The second kappa shape index (κ2) is 8.47. The van der Waals surface area contributed by atoms with E-state index in [9.17, 15) is 13.2 Å². The Morgan fingerprint density at radius 1 is 0.923 bits per heavy atom. The van der Waals surface area contributed by atoms with Crippen molar-refractivity contribution in [2.24, 2.45) is 0 Å². The van der Waals surface area contributed by atoms with Gasteiger partial charge in [0.2, 0.25) is 10.0 Å². The fraction of sp³-hybridized carbons (Fsp3) is 0.350. The van der Waals surface area contributed by atoms with E-state index in [0.29, 0.717) is 25.2 Å². The summed E-state index contributed by atoms with van der Waals surface area (Å²) in [5.74, 6) is -0.213. The molecule has 6 heteroatoms. The molecular formula is C20H26N2O3S. The summed E-state index contributed by atoms with van der Waals surface area (Å²) < 4.78 is 26.8. The highest BCUT2D eigenvalue weighted by Crippen LogP contribution is 2.21. The standard InChI is InChI=1S/C20H26N2O3S/c1-5-21(6-2)26(24,25)19-13-9-11-17(15-19)20(23)22(7-3)18-12-8-10-16(4)14-18/h8-15H,5-7H2,1-4H3. The Labute approximate surface area is 156 Å². The van der Waals surface area contributed by atoms with E-state index < -0.39 is 10.0 Å². The van der Waals surface area contributed by atoms with E-state index in [1.807, 2.05) is 38.1 Å². The third kappa shape index (κ3) is 4.14. The zero-order valence-corrected chi connectivity index (χ0v) is 16.6. The summed E-state index contributed by atoms with van der Waals surface area (Å²) in [6, 6.07) is 14.0. The molecule has 0 aliphatic heterocycles. The summed E-state index contributed by atoms with van der Waals surface area (Å²) in [4.78, 5) is 14.8. The molecule has 0 aliphatic rings. The minimum atomic E-state index is -3.60.